The van der Waals surface area contributed by atoms with Crippen molar-refractivity contribution in [3.8, 4) is 0 Å². The van der Waals surface area contributed by atoms with Crippen molar-refractivity contribution in [3.05, 3.63) is 10.4 Å². The fourth-order valence-corrected chi connectivity index (χ4v) is 3.08. The van der Waals surface area contributed by atoms with Crippen molar-refractivity contribution in [2.75, 3.05) is 12.4 Å². The summed E-state index contributed by atoms with van der Waals surface area (Å²) in [6, 6.07) is 0. The second kappa shape index (κ2) is 7.18. The molecule has 120 valence electrons. The summed E-state index contributed by atoms with van der Waals surface area (Å²) >= 11 is 1.47. The van der Waals surface area contributed by atoms with Crippen molar-refractivity contribution in [2.24, 2.45) is 15.9 Å². The SMILES string of the molecule is CCOC(=O)[C@@](CSC(C)(C)C)(C(=O)N=[N+]=[N-])C(C)(C)C. The van der Waals surface area contributed by atoms with Crippen LogP contribution < -0.4 is 0 Å². The first-order chi connectivity index (χ1) is 9.42. The van der Waals surface area contributed by atoms with E-state index in [0.29, 0.717) is 0 Å². The zero-order valence-electron chi connectivity index (χ0n) is 13.9. The van der Waals surface area contributed by atoms with Crippen LogP contribution >= 0.6 is 11.8 Å². The number of thioether (sulfide) groups is 1. The van der Waals surface area contributed by atoms with E-state index in [2.05, 4.69) is 10.0 Å². The predicted molar refractivity (Wildman–Crippen MR) is 84.9 cm³/mol. The van der Waals surface area contributed by atoms with Crippen LogP contribution in [-0.2, 0) is 14.3 Å². The van der Waals surface area contributed by atoms with E-state index in [9.17, 15) is 9.59 Å². The molecule has 0 spiro atoms. The maximum Gasteiger partial charge on any atom is 0.321 e. The van der Waals surface area contributed by atoms with Gasteiger partial charge in [-0.3, -0.25) is 9.59 Å². The molecule has 21 heavy (non-hydrogen) atoms. The minimum Gasteiger partial charge on any atom is -0.465 e. The van der Waals surface area contributed by atoms with Crippen LogP contribution in [-0.4, -0.2) is 29.0 Å². The molecule has 0 bridgehead atoms. The van der Waals surface area contributed by atoms with Crippen molar-refractivity contribution in [2.45, 2.75) is 53.2 Å². The maximum atomic E-state index is 12.5. The molecule has 0 saturated carbocycles. The molecule has 0 aromatic rings. The number of ether oxygens (including phenoxy) is 1. The monoisotopic (exact) mass is 315 g/mol. The summed E-state index contributed by atoms with van der Waals surface area (Å²) in [4.78, 5) is 27.5. The minimum absolute atomic E-state index is 0.139. The van der Waals surface area contributed by atoms with E-state index in [0.717, 1.165) is 0 Å². The van der Waals surface area contributed by atoms with Crippen LogP contribution in [0.2, 0.25) is 0 Å². The second-order valence-electron chi connectivity index (χ2n) is 6.77. The summed E-state index contributed by atoms with van der Waals surface area (Å²) in [5.74, 6) is -1.21. The molecule has 0 aliphatic rings. The first-order valence-corrected chi connectivity index (χ1v) is 7.81. The average molecular weight is 315 g/mol. The molecule has 0 rings (SSSR count). The molecule has 0 aliphatic carbocycles. The van der Waals surface area contributed by atoms with Crippen LogP contribution in [0.4, 0.5) is 0 Å². The third-order valence-electron chi connectivity index (χ3n) is 3.13. The highest BCUT2D eigenvalue weighted by Crippen LogP contribution is 2.46. The van der Waals surface area contributed by atoms with Gasteiger partial charge in [-0.1, -0.05) is 41.5 Å². The zero-order chi connectivity index (χ0) is 16.9. The van der Waals surface area contributed by atoms with Crippen LogP contribution in [0.5, 0.6) is 0 Å². The topological polar surface area (TPSA) is 92.1 Å². The lowest BCUT2D eigenvalue weighted by atomic mass is 9.67. The lowest BCUT2D eigenvalue weighted by Crippen LogP contribution is -2.52. The second-order valence-corrected chi connectivity index (χ2v) is 8.57. The Kier molecular flexibility index (Phi) is 6.77. The zero-order valence-corrected chi connectivity index (χ0v) is 14.7. The summed E-state index contributed by atoms with van der Waals surface area (Å²) in [6.07, 6.45) is 0. The standard InChI is InChI=1S/C14H25N3O3S/c1-8-20-11(19)14(12(2,3)4,10(18)16-17-15)9-21-13(5,6)7/h8-9H2,1-7H3/t14-/m1/s1. The molecule has 0 aromatic carbocycles. The normalized spacial score (nSPS) is 14.8. The van der Waals surface area contributed by atoms with Gasteiger partial charge in [0.25, 0.3) is 0 Å². The molecule has 1 amide bonds. The largest absolute Gasteiger partial charge is 0.465 e. The molecule has 1 atom stereocenters. The summed E-state index contributed by atoms with van der Waals surface area (Å²) in [6.45, 7) is 13.2. The number of esters is 1. The van der Waals surface area contributed by atoms with Gasteiger partial charge < -0.3 is 4.74 Å². The highest BCUT2D eigenvalue weighted by atomic mass is 32.2. The van der Waals surface area contributed by atoms with Gasteiger partial charge in [-0.2, -0.15) is 11.8 Å². The van der Waals surface area contributed by atoms with Crippen molar-refractivity contribution in [1.29, 1.82) is 0 Å². The van der Waals surface area contributed by atoms with Gasteiger partial charge in [0.05, 0.1) is 6.61 Å². The number of rotatable bonds is 5. The quantitative estimate of drug-likeness (QED) is 0.252. The fourth-order valence-electron chi connectivity index (χ4n) is 1.76. The van der Waals surface area contributed by atoms with Gasteiger partial charge in [0.15, 0.2) is 0 Å². The first kappa shape index (κ1) is 19.8. The molecule has 0 aromatic heterocycles. The highest BCUT2D eigenvalue weighted by Gasteiger charge is 2.55. The van der Waals surface area contributed by atoms with Gasteiger partial charge in [0.1, 0.15) is 5.41 Å². The van der Waals surface area contributed by atoms with E-state index < -0.39 is 22.7 Å². The summed E-state index contributed by atoms with van der Waals surface area (Å²) in [5.41, 5.74) is 6.36. The maximum absolute atomic E-state index is 12.5. The molecular weight excluding hydrogens is 290 g/mol. The smallest absolute Gasteiger partial charge is 0.321 e. The number of azide groups is 1. The molecule has 0 aliphatic heterocycles. The van der Waals surface area contributed by atoms with Crippen LogP contribution in [0.25, 0.3) is 10.4 Å². The van der Waals surface area contributed by atoms with Crippen molar-refractivity contribution in [1.82, 2.24) is 0 Å². The van der Waals surface area contributed by atoms with E-state index in [1.54, 1.807) is 27.7 Å². The minimum atomic E-state index is -1.49. The first-order valence-electron chi connectivity index (χ1n) is 6.83. The van der Waals surface area contributed by atoms with E-state index >= 15 is 0 Å². The lowest BCUT2D eigenvalue weighted by molar-refractivity contribution is -0.165. The molecule has 6 nitrogen and oxygen atoms in total. The molecule has 0 heterocycles. The van der Waals surface area contributed by atoms with E-state index in [4.69, 9.17) is 10.3 Å². The van der Waals surface area contributed by atoms with Crippen molar-refractivity contribution < 1.29 is 14.3 Å². The number of nitrogens with zero attached hydrogens (tertiary/aromatic N) is 3. The molecular formula is C14H25N3O3S. The lowest BCUT2D eigenvalue weighted by Gasteiger charge is -2.40. The van der Waals surface area contributed by atoms with Gasteiger partial charge in [0, 0.05) is 15.4 Å². The van der Waals surface area contributed by atoms with E-state index in [1.165, 1.54) is 11.8 Å². The molecule has 0 fully saturated rings. The number of hydrogen-bond donors (Lipinski definition) is 0. The Bertz CT molecular complexity index is 445. The number of carbonyl (C=O) groups is 2. The molecule has 0 N–H and O–H groups in total. The summed E-state index contributed by atoms with van der Waals surface area (Å²) in [5, 5.41) is 3.20. The van der Waals surface area contributed by atoms with Crippen molar-refractivity contribution in [3.63, 3.8) is 0 Å². The van der Waals surface area contributed by atoms with Crippen LogP contribution in [0, 0.1) is 10.8 Å². The number of hydrogen-bond acceptors (Lipinski definition) is 4. The van der Waals surface area contributed by atoms with E-state index in [1.807, 2.05) is 20.8 Å². The molecule has 7 heteroatoms. The third-order valence-corrected chi connectivity index (χ3v) is 4.57. The average Bonchev–Trinajstić information content (AvgIpc) is 2.26. The Morgan fingerprint density at radius 1 is 1.19 bits per heavy atom. The van der Waals surface area contributed by atoms with Crippen molar-refractivity contribution >= 4 is 23.6 Å². The third kappa shape index (κ3) is 4.93. The Morgan fingerprint density at radius 2 is 1.71 bits per heavy atom. The van der Waals surface area contributed by atoms with Gasteiger partial charge in [0.2, 0.25) is 5.91 Å². The van der Waals surface area contributed by atoms with E-state index in [-0.39, 0.29) is 17.1 Å². The Hall–Kier alpha value is -1.20. The van der Waals surface area contributed by atoms with Crippen LogP contribution in [0.1, 0.15) is 48.5 Å². The van der Waals surface area contributed by atoms with Crippen LogP contribution in [0.15, 0.2) is 5.11 Å². The van der Waals surface area contributed by atoms with Gasteiger partial charge in [-0.05, 0) is 23.0 Å². The van der Waals surface area contributed by atoms with Gasteiger partial charge in [-0.25, -0.2) is 0 Å². The molecule has 0 radical (unpaired) electrons. The predicted octanol–water partition coefficient (Wildman–Crippen LogP) is 3.95. The molecule has 0 unspecified atom stereocenters. The number of amides is 1. The van der Waals surface area contributed by atoms with Gasteiger partial charge in [-0.15, -0.1) is 0 Å². The molecule has 0 saturated heterocycles. The summed E-state index contributed by atoms with van der Waals surface area (Å²) in [7, 11) is 0. The number of carbonyl (C=O) groups excluding carboxylic acids is 2. The van der Waals surface area contributed by atoms with Crippen LogP contribution in [0.3, 0.4) is 0 Å². The van der Waals surface area contributed by atoms with Gasteiger partial charge >= 0.3 is 5.97 Å². The highest BCUT2D eigenvalue weighted by molar-refractivity contribution is 8.00. The Labute approximate surface area is 130 Å². The summed E-state index contributed by atoms with van der Waals surface area (Å²) < 4.78 is 4.97. The Balaban J connectivity index is 5.92. The Morgan fingerprint density at radius 3 is 2.05 bits per heavy atom. The fraction of sp³-hybridized carbons (Fsp3) is 0.857.